The van der Waals surface area contributed by atoms with Crippen molar-refractivity contribution in [3.05, 3.63) is 0 Å². The molecule has 0 aromatic heterocycles. The van der Waals surface area contributed by atoms with Crippen LogP contribution in [0.4, 0.5) is 4.39 Å². The smallest absolute Gasteiger partial charge is 0.117 e. The number of nitrogens with two attached hydrogens (primary N) is 1. The van der Waals surface area contributed by atoms with Crippen molar-refractivity contribution < 1.29 is 4.39 Å². The van der Waals surface area contributed by atoms with Crippen molar-refractivity contribution in [3.63, 3.8) is 0 Å². The second-order valence-corrected chi connectivity index (χ2v) is 2.57. The number of hydrogen-bond acceptors (Lipinski definition) is 2. The maximum atomic E-state index is 12.7. The van der Waals surface area contributed by atoms with E-state index in [2.05, 4.69) is 5.43 Å². The average Bonchev–Trinajstić information content (AvgIpc) is 1.89. The Bertz CT molecular complexity index is 87.1. The molecule has 0 radical (unpaired) electrons. The molecular weight excluding hydrogens is 119 g/mol. The van der Waals surface area contributed by atoms with E-state index < -0.39 is 6.17 Å². The Morgan fingerprint density at radius 1 is 1.33 bits per heavy atom. The van der Waals surface area contributed by atoms with Gasteiger partial charge in [0.1, 0.15) is 6.17 Å². The Balaban J connectivity index is 2.30. The summed E-state index contributed by atoms with van der Waals surface area (Å²) >= 11 is 0. The Morgan fingerprint density at radius 2 is 2.00 bits per heavy atom. The molecule has 3 heteroatoms. The summed E-state index contributed by atoms with van der Waals surface area (Å²) in [7, 11) is 0. The van der Waals surface area contributed by atoms with Crippen molar-refractivity contribution >= 4 is 0 Å². The molecule has 2 atom stereocenters. The molecule has 1 fully saturated rings. The van der Waals surface area contributed by atoms with Crippen molar-refractivity contribution in [1.29, 1.82) is 0 Å². The fraction of sp³-hybridized carbons (Fsp3) is 1.00. The number of hydrogen-bond donors (Lipinski definition) is 2. The van der Waals surface area contributed by atoms with E-state index in [1.807, 2.05) is 0 Å². The predicted molar refractivity (Wildman–Crippen MR) is 34.5 cm³/mol. The minimum Gasteiger partial charge on any atom is -0.271 e. The molecule has 3 N–H and O–H groups in total. The van der Waals surface area contributed by atoms with Gasteiger partial charge in [-0.05, 0) is 12.8 Å². The molecule has 2 nitrogen and oxygen atoms in total. The molecule has 0 heterocycles. The van der Waals surface area contributed by atoms with Gasteiger partial charge >= 0.3 is 0 Å². The van der Waals surface area contributed by atoms with Gasteiger partial charge in [0.25, 0.3) is 0 Å². The van der Waals surface area contributed by atoms with Crippen molar-refractivity contribution in [2.75, 3.05) is 0 Å². The highest BCUT2D eigenvalue weighted by Gasteiger charge is 2.22. The van der Waals surface area contributed by atoms with Gasteiger partial charge in [-0.1, -0.05) is 12.8 Å². The Hall–Kier alpha value is -0.150. The first kappa shape index (κ1) is 6.96. The summed E-state index contributed by atoms with van der Waals surface area (Å²) in [5, 5.41) is 0. The van der Waals surface area contributed by atoms with Gasteiger partial charge in [-0.2, -0.15) is 0 Å². The lowest BCUT2D eigenvalue weighted by Crippen LogP contribution is -2.43. The Kier molecular flexibility index (Phi) is 2.42. The molecule has 2 unspecified atom stereocenters. The van der Waals surface area contributed by atoms with Crippen LogP contribution >= 0.6 is 0 Å². The average molecular weight is 132 g/mol. The highest BCUT2D eigenvalue weighted by atomic mass is 19.1. The summed E-state index contributed by atoms with van der Waals surface area (Å²) in [6, 6.07) is -0.0845. The zero-order valence-electron chi connectivity index (χ0n) is 5.44. The van der Waals surface area contributed by atoms with Gasteiger partial charge in [-0.25, -0.2) is 4.39 Å². The third kappa shape index (κ3) is 1.63. The van der Waals surface area contributed by atoms with Gasteiger partial charge in [-0.15, -0.1) is 0 Å². The van der Waals surface area contributed by atoms with Crippen LogP contribution in [0.3, 0.4) is 0 Å². The molecule has 0 aliphatic heterocycles. The lowest BCUT2D eigenvalue weighted by atomic mass is 9.94. The molecule has 0 aromatic carbocycles. The van der Waals surface area contributed by atoms with Crippen LogP contribution in [-0.2, 0) is 0 Å². The second kappa shape index (κ2) is 3.13. The van der Waals surface area contributed by atoms with Crippen molar-refractivity contribution in [2.24, 2.45) is 5.84 Å². The highest BCUT2D eigenvalue weighted by molar-refractivity contribution is 4.78. The fourth-order valence-electron chi connectivity index (χ4n) is 1.27. The minimum atomic E-state index is -0.719. The number of rotatable bonds is 1. The van der Waals surface area contributed by atoms with Gasteiger partial charge in [0.05, 0.1) is 6.04 Å². The van der Waals surface area contributed by atoms with Crippen LogP contribution in [0.25, 0.3) is 0 Å². The zero-order valence-corrected chi connectivity index (χ0v) is 5.44. The number of nitrogens with one attached hydrogen (secondary N) is 1. The molecule has 0 aromatic rings. The van der Waals surface area contributed by atoms with Crippen LogP contribution < -0.4 is 11.3 Å². The van der Waals surface area contributed by atoms with Gasteiger partial charge in [0.15, 0.2) is 0 Å². The van der Waals surface area contributed by atoms with Gasteiger partial charge in [0.2, 0.25) is 0 Å². The number of halogens is 1. The zero-order chi connectivity index (χ0) is 6.69. The predicted octanol–water partition coefficient (Wildman–Crippen LogP) is 0.730. The SMILES string of the molecule is NNC1CCCCC1F. The van der Waals surface area contributed by atoms with Crippen molar-refractivity contribution in [3.8, 4) is 0 Å². The fourth-order valence-corrected chi connectivity index (χ4v) is 1.27. The molecule has 1 aliphatic carbocycles. The second-order valence-electron chi connectivity index (χ2n) is 2.57. The van der Waals surface area contributed by atoms with Crippen molar-refractivity contribution in [1.82, 2.24) is 5.43 Å². The quantitative estimate of drug-likeness (QED) is 0.407. The molecular formula is C6H13FN2. The molecule has 9 heavy (non-hydrogen) atoms. The normalized spacial score (nSPS) is 36.7. The topological polar surface area (TPSA) is 38.0 Å². The summed E-state index contributed by atoms with van der Waals surface area (Å²) in [6.07, 6.45) is 2.96. The van der Waals surface area contributed by atoms with E-state index in [0.717, 1.165) is 19.3 Å². The lowest BCUT2D eigenvalue weighted by Gasteiger charge is -2.24. The lowest BCUT2D eigenvalue weighted by molar-refractivity contribution is 0.190. The maximum absolute atomic E-state index is 12.7. The summed E-state index contributed by atoms with van der Waals surface area (Å²) in [4.78, 5) is 0. The first-order chi connectivity index (χ1) is 4.34. The first-order valence-corrected chi connectivity index (χ1v) is 3.45. The number of alkyl halides is 1. The molecule has 0 spiro atoms. The van der Waals surface area contributed by atoms with Crippen LogP contribution in [0.15, 0.2) is 0 Å². The molecule has 54 valence electrons. The minimum absolute atomic E-state index is 0.0845. The molecule has 1 rings (SSSR count). The van der Waals surface area contributed by atoms with Gasteiger partial charge in [0, 0.05) is 0 Å². The van der Waals surface area contributed by atoms with E-state index in [4.69, 9.17) is 5.84 Å². The first-order valence-electron chi connectivity index (χ1n) is 3.45. The van der Waals surface area contributed by atoms with Crippen LogP contribution in [0.1, 0.15) is 25.7 Å². The Labute approximate surface area is 54.6 Å². The molecule has 1 saturated carbocycles. The molecule has 0 saturated heterocycles. The summed E-state index contributed by atoms with van der Waals surface area (Å²) in [6.45, 7) is 0. The summed E-state index contributed by atoms with van der Waals surface area (Å²) in [5.41, 5.74) is 2.48. The highest BCUT2D eigenvalue weighted by Crippen LogP contribution is 2.20. The third-order valence-electron chi connectivity index (χ3n) is 1.90. The van der Waals surface area contributed by atoms with Crippen LogP contribution in [-0.4, -0.2) is 12.2 Å². The molecule has 1 aliphatic rings. The standard InChI is InChI=1S/C6H13FN2/c7-5-3-1-2-4-6(5)9-8/h5-6,9H,1-4,8H2. The maximum Gasteiger partial charge on any atom is 0.117 e. The van der Waals surface area contributed by atoms with Gasteiger partial charge in [-0.3, -0.25) is 11.3 Å². The molecule has 0 amide bonds. The summed E-state index contributed by atoms with van der Waals surface area (Å²) in [5.74, 6) is 5.10. The van der Waals surface area contributed by atoms with E-state index >= 15 is 0 Å². The van der Waals surface area contributed by atoms with Crippen LogP contribution in [0, 0.1) is 0 Å². The van der Waals surface area contributed by atoms with E-state index in [1.54, 1.807) is 0 Å². The third-order valence-corrected chi connectivity index (χ3v) is 1.90. The van der Waals surface area contributed by atoms with E-state index in [-0.39, 0.29) is 6.04 Å². The van der Waals surface area contributed by atoms with E-state index in [9.17, 15) is 4.39 Å². The Morgan fingerprint density at radius 3 is 2.44 bits per heavy atom. The summed E-state index contributed by atoms with van der Waals surface area (Å²) < 4.78 is 12.7. The monoisotopic (exact) mass is 132 g/mol. The van der Waals surface area contributed by atoms with Crippen molar-refractivity contribution in [2.45, 2.75) is 37.9 Å². The molecule has 0 bridgehead atoms. The number of hydrazine groups is 1. The largest absolute Gasteiger partial charge is 0.271 e. The van der Waals surface area contributed by atoms with Gasteiger partial charge < -0.3 is 0 Å². The van der Waals surface area contributed by atoms with E-state index in [0.29, 0.717) is 6.42 Å². The van der Waals surface area contributed by atoms with Crippen LogP contribution in [0.2, 0.25) is 0 Å². The van der Waals surface area contributed by atoms with E-state index in [1.165, 1.54) is 0 Å². The van der Waals surface area contributed by atoms with Crippen LogP contribution in [0.5, 0.6) is 0 Å².